The molecule has 0 saturated carbocycles. The van der Waals surface area contributed by atoms with Gasteiger partial charge in [0.15, 0.2) is 5.96 Å². The molecule has 2 aromatic rings. The van der Waals surface area contributed by atoms with E-state index in [4.69, 9.17) is 14.5 Å². The average Bonchev–Trinajstić information content (AvgIpc) is 2.70. The van der Waals surface area contributed by atoms with Crippen molar-refractivity contribution < 1.29 is 9.47 Å². The van der Waals surface area contributed by atoms with Gasteiger partial charge in [-0.25, -0.2) is 4.99 Å². The summed E-state index contributed by atoms with van der Waals surface area (Å²) in [6.45, 7) is 5.15. The molecule has 2 aromatic carbocycles. The van der Waals surface area contributed by atoms with E-state index >= 15 is 0 Å². The lowest BCUT2D eigenvalue weighted by Gasteiger charge is -2.26. The number of nitrogens with one attached hydrogen (secondary N) is 2. The van der Waals surface area contributed by atoms with Crippen molar-refractivity contribution in [3.05, 3.63) is 59.7 Å². The molecule has 1 aliphatic rings. The molecule has 5 nitrogen and oxygen atoms in total. The summed E-state index contributed by atoms with van der Waals surface area (Å²) in [5.74, 6) is 3.14. The van der Waals surface area contributed by atoms with Gasteiger partial charge in [-0.2, -0.15) is 0 Å². The van der Waals surface area contributed by atoms with E-state index in [0.29, 0.717) is 12.5 Å². The maximum atomic E-state index is 5.75. The number of nitrogens with zero attached hydrogens (tertiary/aromatic N) is 1. The molecule has 0 aromatic heterocycles. The Balaban J connectivity index is 0.00000261. The number of fused-ring (bicyclic) bond motifs is 1. The van der Waals surface area contributed by atoms with E-state index < -0.39 is 0 Å². The SMILES string of the molecule is CCNC(=NCc1ccc(OC)cc1)NCC1CCOc2ccccc21.I. The molecule has 146 valence electrons. The molecule has 0 saturated heterocycles. The number of ether oxygens (including phenoxy) is 2. The molecular weight excluding hydrogens is 453 g/mol. The first-order valence-corrected chi connectivity index (χ1v) is 9.17. The number of rotatable bonds is 6. The third-order valence-electron chi connectivity index (χ3n) is 4.52. The van der Waals surface area contributed by atoms with E-state index in [1.807, 2.05) is 36.4 Å². The van der Waals surface area contributed by atoms with Gasteiger partial charge in [0.1, 0.15) is 11.5 Å². The molecule has 0 amide bonds. The molecule has 1 unspecified atom stereocenters. The van der Waals surface area contributed by atoms with E-state index in [1.54, 1.807) is 7.11 Å². The average molecular weight is 481 g/mol. The molecule has 1 aliphatic heterocycles. The molecule has 0 radical (unpaired) electrons. The van der Waals surface area contributed by atoms with Gasteiger partial charge in [0.2, 0.25) is 0 Å². The van der Waals surface area contributed by atoms with Gasteiger partial charge >= 0.3 is 0 Å². The van der Waals surface area contributed by atoms with Crippen LogP contribution < -0.4 is 20.1 Å². The van der Waals surface area contributed by atoms with Crippen LogP contribution in [0.3, 0.4) is 0 Å². The molecule has 3 rings (SSSR count). The second kappa shape index (κ2) is 11.0. The summed E-state index contributed by atoms with van der Waals surface area (Å²) < 4.78 is 10.9. The molecule has 1 atom stereocenters. The Morgan fingerprint density at radius 1 is 1.15 bits per heavy atom. The van der Waals surface area contributed by atoms with Crippen LogP contribution in [0.25, 0.3) is 0 Å². The summed E-state index contributed by atoms with van der Waals surface area (Å²) in [6, 6.07) is 16.3. The van der Waals surface area contributed by atoms with Crippen LogP contribution in [-0.4, -0.2) is 32.8 Å². The van der Waals surface area contributed by atoms with Gasteiger partial charge in [-0.05, 0) is 42.7 Å². The van der Waals surface area contributed by atoms with Crippen molar-refractivity contribution in [2.45, 2.75) is 25.8 Å². The fourth-order valence-electron chi connectivity index (χ4n) is 3.09. The topological polar surface area (TPSA) is 54.9 Å². The minimum atomic E-state index is 0. The van der Waals surface area contributed by atoms with Crippen LogP contribution in [0, 0.1) is 0 Å². The molecular formula is C21H28IN3O2. The molecule has 2 N–H and O–H groups in total. The van der Waals surface area contributed by atoms with Crippen LogP contribution in [0.2, 0.25) is 0 Å². The highest BCUT2D eigenvalue weighted by molar-refractivity contribution is 14.0. The number of methoxy groups -OCH3 is 1. The van der Waals surface area contributed by atoms with Crippen molar-refractivity contribution in [2.75, 3.05) is 26.8 Å². The normalized spacial score (nSPS) is 15.8. The molecule has 0 aliphatic carbocycles. The zero-order valence-electron chi connectivity index (χ0n) is 15.9. The number of para-hydroxylation sites is 1. The highest BCUT2D eigenvalue weighted by atomic mass is 127. The van der Waals surface area contributed by atoms with Gasteiger partial charge in [0.25, 0.3) is 0 Å². The summed E-state index contributed by atoms with van der Waals surface area (Å²) in [5.41, 5.74) is 2.43. The lowest BCUT2D eigenvalue weighted by atomic mass is 9.93. The first-order valence-electron chi connectivity index (χ1n) is 9.17. The van der Waals surface area contributed by atoms with E-state index in [-0.39, 0.29) is 24.0 Å². The third-order valence-corrected chi connectivity index (χ3v) is 4.52. The predicted octanol–water partition coefficient (Wildman–Crippen LogP) is 3.93. The van der Waals surface area contributed by atoms with Crippen molar-refractivity contribution >= 4 is 29.9 Å². The lowest BCUT2D eigenvalue weighted by molar-refractivity contribution is 0.267. The third kappa shape index (κ3) is 6.02. The maximum absolute atomic E-state index is 5.75. The summed E-state index contributed by atoms with van der Waals surface area (Å²) in [4.78, 5) is 4.70. The molecule has 0 spiro atoms. The van der Waals surface area contributed by atoms with Crippen LogP contribution in [0.4, 0.5) is 0 Å². The van der Waals surface area contributed by atoms with Crippen molar-refractivity contribution in [1.82, 2.24) is 10.6 Å². The largest absolute Gasteiger partial charge is 0.497 e. The number of aliphatic imine (C=N–C) groups is 1. The van der Waals surface area contributed by atoms with Gasteiger partial charge in [0, 0.05) is 19.0 Å². The fourth-order valence-corrected chi connectivity index (χ4v) is 3.09. The lowest BCUT2D eigenvalue weighted by Crippen LogP contribution is -2.40. The van der Waals surface area contributed by atoms with Gasteiger partial charge in [-0.3, -0.25) is 0 Å². The molecule has 6 heteroatoms. The highest BCUT2D eigenvalue weighted by Gasteiger charge is 2.21. The molecule has 27 heavy (non-hydrogen) atoms. The number of benzene rings is 2. The number of guanidine groups is 1. The number of hydrogen-bond donors (Lipinski definition) is 2. The van der Waals surface area contributed by atoms with Crippen LogP contribution >= 0.6 is 24.0 Å². The maximum Gasteiger partial charge on any atom is 0.191 e. The first-order chi connectivity index (χ1) is 12.8. The van der Waals surface area contributed by atoms with Crippen molar-refractivity contribution in [1.29, 1.82) is 0 Å². The first kappa shape index (κ1) is 21.3. The van der Waals surface area contributed by atoms with Gasteiger partial charge in [-0.15, -0.1) is 24.0 Å². The Labute approximate surface area is 178 Å². The van der Waals surface area contributed by atoms with E-state index in [2.05, 4.69) is 29.7 Å². The Bertz CT molecular complexity index is 734. The van der Waals surface area contributed by atoms with Crippen LogP contribution in [0.15, 0.2) is 53.5 Å². The number of halogens is 1. The Morgan fingerprint density at radius 2 is 1.93 bits per heavy atom. The van der Waals surface area contributed by atoms with E-state index in [0.717, 1.165) is 49.1 Å². The van der Waals surface area contributed by atoms with Crippen LogP contribution in [0.5, 0.6) is 11.5 Å². The van der Waals surface area contributed by atoms with Crippen molar-refractivity contribution in [2.24, 2.45) is 4.99 Å². The highest BCUT2D eigenvalue weighted by Crippen LogP contribution is 2.32. The quantitative estimate of drug-likeness (QED) is 0.373. The summed E-state index contributed by atoms with van der Waals surface area (Å²) in [7, 11) is 1.68. The molecule has 0 bridgehead atoms. The van der Waals surface area contributed by atoms with E-state index in [9.17, 15) is 0 Å². The minimum Gasteiger partial charge on any atom is -0.497 e. The molecule has 1 heterocycles. The summed E-state index contributed by atoms with van der Waals surface area (Å²) in [5, 5.41) is 6.80. The zero-order chi connectivity index (χ0) is 18.2. The van der Waals surface area contributed by atoms with Gasteiger partial charge < -0.3 is 20.1 Å². The Kier molecular flexibility index (Phi) is 8.71. The standard InChI is InChI=1S/C21H27N3O2.HI/c1-3-22-21(23-14-16-8-10-18(25-2)11-9-16)24-15-17-12-13-26-20-7-5-4-6-19(17)20;/h4-11,17H,3,12-15H2,1-2H3,(H2,22,23,24);1H. The second-order valence-electron chi connectivity index (χ2n) is 6.30. The number of hydrogen-bond acceptors (Lipinski definition) is 3. The minimum absolute atomic E-state index is 0. The summed E-state index contributed by atoms with van der Waals surface area (Å²) >= 11 is 0. The van der Waals surface area contributed by atoms with Crippen LogP contribution in [0.1, 0.15) is 30.4 Å². The second-order valence-corrected chi connectivity index (χ2v) is 6.30. The van der Waals surface area contributed by atoms with Gasteiger partial charge in [-0.1, -0.05) is 30.3 Å². The smallest absolute Gasteiger partial charge is 0.191 e. The van der Waals surface area contributed by atoms with Crippen molar-refractivity contribution in [3.8, 4) is 11.5 Å². The Morgan fingerprint density at radius 3 is 2.67 bits per heavy atom. The van der Waals surface area contributed by atoms with Crippen molar-refractivity contribution in [3.63, 3.8) is 0 Å². The Hall–Kier alpha value is -1.96. The summed E-state index contributed by atoms with van der Waals surface area (Å²) in [6.07, 6.45) is 1.02. The zero-order valence-corrected chi connectivity index (χ0v) is 18.2. The molecule has 0 fully saturated rings. The van der Waals surface area contributed by atoms with Crippen LogP contribution in [-0.2, 0) is 6.54 Å². The van der Waals surface area contributed by atoms with E-state index in [1.165, 1.54) is 5.56 Å². The predicted molar refractivity (Wildman–Crippen MR) is 121 cm³/mol. The fraction of sp³-hybridized carbons (Fsp3) is 0.381. The monoisotopic (exact) mass is 481 g/mol. The van der Waals surface area contributed by atoms with Gasteiger partial charge in [0.05, 0.1) is 20.3 Å².